The Bertz CT molecular complexity index is 852. The fourth-order valence-corrected chi connectivity index (χ4v) is 4.27. The van der Waals surface area contributed by atoms with Crippen LogP contribution in [0.4, 0.5) is 5.69 Å². The molecule has 1 aliphatic carbocycles. The largest absolute Gasteiger partial charge is 0.477 e. The van der Waals surface area contributed by atoms with E-state index < -0.39 is 0 Å². The molecule has 0 radical (unpaired) electrons. The monoisotopic (exact) mass is 409 g/mol. The van der Waals surface area contributed by atoms with Crippen LogP contribution in [0.5, 0.6) is 5.88 Å². The number of hydrogen-bond donors (Lipinski definition) is 1. The minimum Gasteiger partial charge on any atom is -0.477 e. The summed E-state index contributed by atoms with van der Waals surface area (Å²) in [6.07, 6.45) is 5.10. The fourth-order valence-electron chi connectivity index (χ4n) is 4.27. The number of benzene rings is 1. The number of carbonyl (C=O) groups is 1. The van der Waals surface area contributed by atoms with Gasteiger partial charge in [-0.25, -0.2) is 4.98 Å². The van der Waals surface area contributed by atoms with Crippen LogP contribution in [0.15, 0.2) is 42.6 Å². The average molecular weight is 410 g/mol. The van der Waals surface area contributed by atoms with Crippen LogP contribution in [0.3, 0.4) is 0 Å². The summed E-state index contributed by atoms with van der Waals surface area (Å²) in [5, 5.41) is 2.85. The lowest BCUT2D eigenvalue weighted by molar-refractivity contribution is -0.120. The van der Waals surface area contributed by atoms with Crippen molar-refractivity contribution in [3.63, 3.8) is 0 Å². The topological polar surface area (TPSA) is 63.7 Å². The number of anilines is 1. The number of pyridine rings is 1. The molecule has 1 aliphatic heterocycles. The lowest BCUT2D eigenvalue weighted by Crippen LogP contribution is -2.40. The molecule has 1 atom stereocenters. The molecule has 1 aromatic heterocycles. The second-order valence-corrected chi connectivity index (χ2v) is 8.48. The SMILES string of the molecule is CC(=O)N[C@@H](C)CO[C@H]1C[C@H](COc2nccc3c2CCN3Cc2ccccc2)C1. The quantitative estimate of drug-likeness (QED) is 0.688. The van der Waals surface area contributed by atoms with Crippen molar-refractivity contribution >= 4 is 11.6 Å². The predicted octanol–water partition coefficient (Wildman–Crippen LogP) is 3.34. The first kappa shape index (κ1) is 20.7. The number of rotatable bonds is 9. The summed E-state index contributed by atoms with van der Waals surface area (Å²) in [5.74, 6) is 1.27. The molecular weight excluding hydrogens is 378 g/mol. The zero-order chi connectivity index (χ0) is 20.9. The number of fused-ring (bicyclic) bond motifs is 1. The number of nitrogens with one attached hydrogen (secondary N) is 1. The van der Waals surface area contributed by atoms with Gasteiger partial charge in [-0.15, -0.1) is 0 Å². The molecule has 30 heavy (non-hydrogen) atoms. The van der Waals surface area contributed by atoms with Gasteiger partial charge < -0.3 is 19.7 Å². The van der Waals surface area contributed by atoms with Crippen LogP contribution in [-0.4, -0.2) is 42.8 Å². The standard InChI is InChI=1S/C24H31N3O3/c1-17(26-18(2)28)15-29-21-12-20(13-21)16-30-24-22-9-11-27(23(22)8-10-25-24)14-19-6-4-3-5-7-19/h3-8,10,17,20-21H,9,11-16H2,1-2H3,(H,26,28)/t17-,20-,21-/m0/s1. The Hall–Kier alpha value is -2.60. The van der Waals surface area contributed by atoms with E-state index in [4.69, 9.17) is 9.47 Å². The van der Waals surface area contributed by atoms with E-state index in [0.29, 0.717) is 19.1 Å². The molecule has 6 heteroatoms. The zero-order valence-electron chi connectivity index (χ0n) is 17.8. The summed E-state index contributed by atoms with van der Waals surface area (Å²) >= 11 is 0. The maximum atomic E-state index is 11.1. The van der Waals surface area contributed by atoms with Crippen LogP contribution in [-0.2, 0) is 22.5 Å². The molecule has 4 rings (SSSR count). The highest BCUT2D eigenvalue weighted by Gasteiger charge is 2.31. The fraction of sp³-hybridized carbons (Fsp3) is 0.500. The van der Waals surface area contributed by atoms with E-state index in [1.54, 1.807) is 0 Å². The molecule has 2 heterocycles. The molecule has 6 nitrogen and oxygen atoms in total. The van der Waals surface area contributed by atoms with Crippen LogP contribution < -0.4 is 15.0 Å². The van der Waals surface area contributed by atoms with E-state index in [-0.39, 0.29) is 18.1 Å². The third-order valence-electron chi connectivity index (χ3n) is 5.86. The van der Waals surface area contributed by atoms with Crippen molar-refractivity contribution in [2.75, 3.05) is 24.7 Å². The second-order valence-electron chi connectivity index (χ2n) is 8.48. The molecule has 2 aromatic rings. The highest BCUT2D eigenvalue weighted by molar-refractivity contribution is 5.73. The molecule has 1 amide bonds. The lowest BCUT2D eigenvalue weighted by Gasteiger charge is -2.35. The van der Waals surface area contributed by atoms with Crippen molar-refractivity contribution in [1.29, 1.82) is 0 Å². The summed E-state index contributed by atoms with van der Waals surface area (Å²) in [6.45, 7) is 6.64. The predicted molar refractivity (Wildman–Crippen MR) is 117 cm³/mol. The van der Waals surface area contributed by atoms with Gasteiger partial charge in [0.2, 0.25) is 11.8 Å². The normalized spacial score (nSPS) is 20.9. The van der Waals surface area contributed by atoms with Crippen LogP contribution in [0.25, 0.3) is 0 Å². The molecule has 2 aliphatic rings. The summed E-state index contributed by atoms with van der Waals surface area (Å²) in [7, 11) is 0. The molecule has 1 aromatic carbocycles. The summed E-state index contributed by atoms with van der Waals surface area (Å²) < 4.78 is 12.0. The van der Waals surface area contributed by atoms with Gasteiger partial charge in [0.05, 0.1) is 19.3 Å². The second kappa shape index (κ2) is 9.47. The summed E-state index contributed by atoms with van der Waals surface area (Å²) in [6, 6.07) is 12.7. The Kier molecular flexibility index (Phi) is 6.53. The number of hydrogen-bond acceptors (Lipinski definition) is 5. The minimum absolute atomic E-state index is 0.0174. The average Bonchev–Trinajstić information content (AvgIpc) is 3.10. The molecule has 0 unspecified atom stereocenters. The van der Waals surface area contributed by atoms with Crippen molar-refractivity contribution < 1.29 is 14.3 Å². The van der Waals surface area contributed by atoms with Gasteiger partial charge in [-0.05, 0) is 43.7 Å². The zero-order valence-corrected chi connectivity index (χ0v) is 17.8. The highest BCUT2D eigenvalue weighted by Crippen LogP contribution is 2.36. The van der Waals surface area contributed by atoms with Crippen LogP contribution in [0, 0.1) is 5.92 Å². The number of carbonyl (C=O) groups excluding carboxylic acids is 1. The van der Waals surface area contributed by atoms with Crippen LogP contribution in [0.1, 0.15) is 37.8 Å². The molecule has 1 N–H and O–H groups in total. The number of amides is 1. The molecule has 1 saturated carbocycles. The van der Waals surface area contributed by atoms with Gasteiger partial charge in [0.1, 0.15) is 0 Å². The van der Waals surface area contributed by atoms with Gasteiger partial charge in [0.15, 0.2) is 0 Å². The molecular formula is C24H31N3O3. The third kappa shape index (κ3) is 5.11. The first-order valence-electron chi connectivity index (χ1n) is 10.9. The Morgan fingerprint density at radius 1 is 1.27 bits per heavy atom. The first-order chi connectivity index (χ1) is 14.6. The number of aromatic nitrogens is 1. The maximum absolute atomic E-state index is 11.1. The molecule has 1 fully saturated rings. The Labute approximate surface area is 178 Å². The van der Waals surface area contributed by atoms with E-state index >= 15 is 0 Å². The highest BCUT2D eigenvalue weighted by atomic mass is 16.5. The lowest BCUT2D eigenvalue weighted by atomic mass is 9.83. The van der Waals surface area contributed by atoms with E-state index in [2.05, 4.69) is 51.6 Å². The van der Waals surface area contributed by atoms with Gasteiger partial charge in [-0.1, -0.05) is 30.3 Å². The number of nitrogens with zero attached hydrogens (tertiary/aromatic N) is 2. The van der Waals surface area contributed by atoms with Gasteiger partial charge in [0.25, 0.3) is 0 Å². The van der Waals surface area contributed by atoms with E-state index in [0.717, 1.165) is 38.2 Å². The Balaban J connectivity index is 1.24. The molecule has 0 bridgehead atoms. The van der Waals surface area contributed by atoms with E-state index in [9.17, 15) is 4.79 Å². The first-order valence-corrected chi connectivity index (χ1v) is 10.9. The van der Waals surface area contributed by atoms with Gasteiger partial charge in [-0.3, -0.25) is 4.79 Å². The molecule has 160 valence electrons. The van der Waals surface area contributed by atoms with Crippen molar-refractivity contribution in [1.82, 2.24) is 10.3 Å². The van der Waals surface area contributed by atoms with Crippen molar-refractivity contribution in [2.45, 2.75) is 51.8 Å². The van der Waals surface area contributed by atoms with Crippen molar-refractivity contribution in [2.24, 2.45) is 5.92 Å². The van der Waals surface area contributed by atoms with Crippen molar-refractivity contribution in [3.05, 3.63) is 53.7 Å². The summed E-state index contributed by atoms with van der Waals surface area (Å²) in [5.41, 5.74) is 3.79. The molecule has 0 saturated heterocycles. The van der Waals surface area contributed by atoms with Gasteiger partial charge in [0, 0.05) is 43.5 Å². The van der Waals surface area contributed by atoms with Crippen molar-refractivity contribution in [3.8, 4) is 5.88 Å². The Morgan fingerprint density at radius 2 is 2.07 bits per heavy atom. The van der Waals surface area contributed by atoms with Gasteiger partial charge in [-0.2, -0.15) is 0 Å². The van der Waals surface area contributed by atoms with Crippen LogP contribution >= 0.6 is 0 Å². The smallest absolute Gasteiger partial charge is 0.218 e. The van der Waals surface area contributed by atoms with E-state index in [1.807, 2.05) is 13.1 Å². The van der Waals surface area contributed by atoms with E-state index in [1.165, 1.54) is 23.7 Å². The van der Waals surface area contributed by atoms with Gasteiger partial charge >= 0.3 is 0 Å². The third-order valence-corrected chi connectivity index (χ3v) is 5.86. The molecule has 0 spiro atoms. The van der Waals surface area contributed by atoms with Crippen LogP contribution in [0.2, 0.25) is 0 Å². The maximum Gasteiger partial charge on any atom is 0.218 e. The number of ether oxygens (including phenoxy) is 2. The summed E-state index contributed by atoms with van der Waals surface area (Å²) in [4.78, 5) is 18.0. The Morgan fingerprint density at radius 3 is 2.83 bits per heavy atom. The minimum atomic E-state index is -0.0174.